The first-order valence-corrected chi connectivity index (χ1v) is 13.6. The summed E-state index contributed by atoms with van der Waals surface area (Å²) in [4.78, 5) is 37.6. The summed E-state index contributed by atoms with van der Waals surface area (Å²) in [6.07, 6.45) is 5.36. The van der Waals surface area contributed by atoms with Gasteiger partial charge in [-0.25, -0.2) is 9.97 Å². The number of carbonyl (C=O) groups is 2. The Morgan fingerprint density at radius 3 is 2.72 bits per heavy atom. The summed E-state index contributed by atoms with van der Waals surface area (Å²) in [5, 5.41) is 3.43. The second kappa shape index (κ2) is 11.0. The molecular weight excluding hydrogens is 478 g/mol. The van der Waals surface area contributed by atoms with Crippen molar-refractivity contribution in [2.75, 3.05) is 36.5 Å². The van der Waals surface area contributed by atoms with Crippen LogP contribution < -0.4 is 15.0 Å². The number of aromatic nitrogens is 2. The van der Waals surface area contributed by atoms with Gasteiger partial charge < -0.3 is 24.6 Å². The van der Waals surface area contributed by atoms with Crippen LogP contribution >= 0.6 is 11.8 Å². The number of anilines is 3. The lowest BCUT2D eigenvalue weighted by Crippen LogP contribution is -2.40. The lowest BCUT2D eigenvalue weighted by molar-refractivity contribution is -0.124. The van der Waals surface area contributed by atoms with Crippen LogP contribution in [-0.2, 0) is 16.0 Å². The van der Waals surface area contributed by atoms with E-state index in [-0.39, 0.29) is 23.4 Å². The number of amides is 2. The van der Waals surface area contributed by atoms with E-state index in [0.717, 1.165) is 61.4 Å². The monoisotopic (exact) mass is 511 g/mol. The maximum absolute atomic E-state index is 12.4. The summed E-state index contributed by atoms with van der Waals surface area (Å²) in [5.74, 6) is 1.26. The molecule has 2 fully saturated rings. The highest BCUT2D eigenvalue weighted by Gasteiger charge is 2.27. The number of benzene rings is 1. The first kappa shape index (κ1) is 24.8. The van der Waals surface area contributed by atoms with Crippen LogP contribution in [0.5, 0.6) is 5.88 Å². The number of hydrogen-bond donors (Lipinski definition) is 1. The van der Waals surface area contributed by atoms with Gasteiger partial charge in [-0.2, -0.15) is 0 Å². The smallest absolute Gasteiger partial charge is 0.281 e. The molecule has 9 nitrogen and oxygen atoms in total. The predicted molar refractivity (Wildman–Crippen MR) is 140 cm³/mol. The highest BCUT2D eigenvalue weighted by atomic mass is 32.2. The van der Waals surface area contributed by atoms with Crippen molar-refractivity contribution in [1.82, 2.24) is 14.9 Å². The molecule has 192 valence electrons. The molecule has 1 atom stereocenters. The van der Waals surface area contributed by atoms with Crippen molar-refractivity contribution in [3.05, 3.63) is 36.2 Å². The van der Waals surface area contributed by atoms with Gasteiger partial charge in [-0.15, -0.1) is 0 Å². The van der Waals surface area contributed by atoms with E-state index in [1.807, 2.05) is 43.0 Å². The largest absolute Gasteiger partial charge is 0.474 e. The van der Waals surface area contributed by atoms with Crippen LogP contribution in [0.3, 0.4) is 0 Å². The van der Waals surface area contributed by atoms with Gasteiger partial charge in [0.2, 0.25) is 5.88 Å². The molecule has 1 aromatic carbocycles. The van der Waals surface area contributed by atoms with Gasteiger partial charge in [0, 0.05) is 61.8 Å². The van der Waals surface area contributed by atoms with Crippen LogP contribution in [0.4, 0.5) is 22.0 Å². The molecule has 1 aromatic heterocycles. The summed E-state index contributed by atoms with van der Waals surface area (Å²) in [6.45, 7) is 6.92. The van der Waals surface area contributed by atoms with Gasteiger partial charge in [0.1, 0.15) is 24.4 Å². The predicted octanol–water partition coefficient (Wildman–Crippen LogP) is 4.39. The number of nitrogens with zero attached hydrogens (tertiary/aromatic N) is 4. The van der Waals surface area contributed by atoms with Gasteiger partial charge in [0.05, 0.1) is 0 Å². The Hall–Kier alpha value is -2.85. The third kappa shape index (κ3) is 5.75. The first-order chi connectivity index (χ1) is 17.5. The summed E-state index contributed by atoms with van der Waals surface area (Å²) in [5.41, 5.74) is 3.03. The van der Waals surface area contributed by atoms with E-state index in [2.05, 4.69) is 20.2 Å². The molecule has 36 heavy (non-hydrogen) atoms. The highest BCUT2D eigenvalue weighted by molar-refractivity contribution is 8.14. The molecule has 3 aliphatic heterocycles. The molecule has 0 radical (unpaired) electrons. The topological polar surface area (TPSA) is 96.9 Å². The van der Waals surface area contributed by atoms with E-state index < -0.39 is 0 Å². The number of fused-ring (bicyclic) bond motifs is 1. The first-order valence-electron chi connectivity index (χ1n) is 12.7. The Labute approximate surface area is 215 Å². The lowest BCUT2D eigenvalue weighted by Gasteiger charge is -2.32. The number of thioether (sulfide) groups is 1. The third-order valence-corrected chi connectivity index (χ3v) is 7.62. The van der Waals surface area contributed by atoms with E-state index in [4.69, 9.17) is 9.47 Å². The third-order valence-electron chi connectivity index (χ3n) is 6.69. The highest BCUT2D eigenvalue weighted by Crippen LogP contribution is 2.36. The molecule has 2 aromatic rings. The number of rotatable bonds is 6. The molecule has 2 amide bonds. The zero-order valence-electron chi connectivity index (χ0n) is 20.8. The summed E-state index contributed by atoms with van der Waals surface area (Å²) in [7, 11) is 0. The van der Waals surface area contributed by atoms with Crippen LogP contribution in [0.15, 0.2) is 30.6 Å². The minimum Gasteiger partial charge on any atom is -0.474 e. The van der Waals surface area contributed by atoms with E-state index >= 15 is 0 Å². The number of piperidine rings is 1. The number of carbonyl (C=O) groups excluding carboxylic acids is 2. The van der Waals surface area contributed by atoms with Crippen LogP contribution in [0, 0.1) is 0 Å². The van der Waals surface area contributed by atoms with Gasteiger partial charge in [-0.1, -0.05) is 25.6 Å². The molecule has 1 N–H and O–H groups in total. The number of nitrogens with one attached hydrogen (secondary N) is 1. The van der Waals surface area contributed by atoms with Crippen molar-refractivity contribution < 1.29 is 19.1 Å². The lowest BCUT2D eigenvalue weighted by atomic mass is 10.1. The molecule has 4 heterocycles. The Morgan fingerprint density at radius 2 is 1.97 bits per heavy atom. The average molecular weight is 512 g/mol. The quantitative estimate of drug-likeness (QED) is 0.610. The molecule has 5 rings (SSSR count). The van der Waals surface area contributed by atoms with Crippen molar-refractivity contribution >= 4 is 40.1 Å². The van der Waals surface area contributed by atoms with Crippen LogP contribution in [-0.4, -0.2) is 69.7 Å². The Kier molecular flexibility index (Phi) is 7.62. The average Bonchev–Trinajstić information content (AvgIpc) is 3.55. The van der Waals surface area contributed by atoms with Gasteiger partial charge in [0.25, 0.3) is 11.1 Å². The molecule has 0 bridgehead atoms. The van der Waals surface area contributed by atoms with E-state index in [9.17, 15) is 9.59 Å². The SMILES string of the molecule is CC(C)SC(=O)N1CCC(Oc2cc(N3CCc4cc(NC(=O)[C@H]5CCCO5)ccc43)ncn2)CC1. The van der Waals surface area contributed by atoms with Crippen LogP contribution in [0.2, 0.25) is 0 Å². The zero-order chi connectivity index (χ0) is 25.1. The number of hydrogen-bond acceptors (Lipinski definition) is 8. The summed E-state index contributed by atoms with van der Waals surface area (Å²) in [6, 6.07) is 7.87. The van der Waals surface area contributed by atoms with Crippen molar-refractivity contribution in [1.29, 1.82) is 0 Å². The minimum absolute atomic E-state index is 0.0294. The van der Waals surface area contributed by atoms with Crippen molar-refractivity contribution in [3.63, 3.8) is 0 Å². The maximum Gasteiger partial charge on any atom is 0.281 e. The fraction of sp³-hybridized carbons (Fsp3) is 0.538. The maximum atomic E-state index is 12.4. The fourth-order valence-electron chi connectivity index (χ4n) is 4.87. The molecule has 0 spiro atoms. The molecule has 0 aliphatic carbocycles. The van der Waals surface area contributed by atoms with Crippen molar-refractivity contribution in [3.8, 4) is 5.88 Å². The van der Waals surface area contributed by atoms with E-state index in [1.165, 1.54) is 18.1 Å². The molecule has 2 saturated heterocycles. The Balaban J connectivity index is 1.19. The second-order valence-electron chi connectivity index (χ2n) is 9.69. The summed E-state index contributed by atoms with van der Waals surface area (Å²) >= 11 is 1.38. The van der Waals surface area contributed by atoms with Gasteiger partial charge in [0.15, 0.2) is 0 Å². The molecular formula is C26H33N5O4S. The normalized spacial score (nSPS) is 20.0. The van der Waals surface area contributed by atoms with Gasteiger partial charge in [-0.05, 0) is 43.0 Å². The van der Waals surface area contributed by atoms with E-state index in [1.54, 1.807) is 0 Å². The van der Waals surface area contributed by atoms with Gasteiger partial charge >= 0.3 is 0 Å². The molecule has 0 unspecified atom stereocenters. The van der Waals surface area contributed by atoms with Gasteiger partial charge in [-0.3, -0.25) is 9.59 Å². The number of likely N-dealkylation sites (tertiary alicyclic amines) is 1. The molecule has 3 aliphatic rings. The van der Waals surface area contributed by atoms with E-state index in [0.29, 0.717) is 30.8 Å². The molecule has 10 heteroatoms. The number of ether oxygens (including phenoxy) is 2. The second-order valence-corrected chi connectivity index (χ2v) is 11.2. The minimum atomic E-state index is -0.346. The fourth-order valence-corrected chi connectivity index (χ4v) is 5.60. The van der Waals surface area contributed by atoms with Crippen LogP contribution in [0.25, 0.3) is 0 Å². The van der Waals surface area contributed by atoms with Crippen molar-refractivity contribution in [2.45, 2.75) is 63.4 Å². The Morgan fingerprint density at radius 1 is 1.14 bits per heavy atom. The van der Waals surface area contributed by atoms with Crippen molar-refractivity contribution in [2.24, 2.45) is 0 Å². The van der Waals surface area contributed by atoms with Crippen LogP contribution in [0.1, 0.15) is 45.1 Å². The standard InChI is InChI=1S/C26H33N5O4S/c1-17(2)36-26(33)30-10-8-20(9-11-30)35-24-15-23(27-16-28-24)31-12-7-18-14-19(5-6-21(18)31)29-25(32)22-4-3-13-34-22/h5-6,14-17,20,22H,3-4,7-13H2,1-2H3,(H,29,32)/t22-/m1/s1. The zero-order valence-corrected chi connectivity index (χ0v) is 21.6. The summed E-state index contributed by atoms with van der Waals surface area (Å²) < 4.78 is 11.7. The molecule has 0 saturated carbocycles. The Bertz CT molecular complexity index is 1100.